The highest BCUT2D eigenvalue weighted by molar-refractivity contribution is 4.79. The van der Waals surface area contributed by atoms with Gasteiger partial charge in [0.05, 0.1) is 0 Å². The van der Waals surface area contributed by atoms with Crippen LogP contribution < -0.4 is 5.32 Å². The molecular formula is C8H18N2O. The smallest absolute Gasteiger partial charge is 0.104 e. The van der Waals surface area contributed by atoms with Crippen LogP contribution in [0, 0.1) is 0 Å². The second kappa shape index (κ2) is 4.04. The summed E-state index contributed by atoms with van der Waals surface area (Å²) in [5.74, 6) is 0. The molecule has 1 aliphatic heterocycles. The molecule has 2 atom stereocenters. The zero-order valence-corrected chi connectivity index (χ0v) is 7.38. The summed E-state index contributed by atoms with van der Waals surface area (Å²) >= 11 is 0. The van der Waals surface area contributed by atoms with Crippen molar-refractivity contribution in [3.05, 3.63) is 0 Å². The minimum Gasteiger partial charge on any atom is -0.379 e. The van der Waals surface area contributed by atoms with Gasteiger partial charge in [-0.3, -0.25) is 5.32 Å². The summed E-state index contributed by atoms with van der Waals surface area (Å²) in [6.45, 7) is 4.20. The van der Waals surface area contributed by atoms with Crippen molar-refractivity contribution in [2.75, 3.05) is 20.1 Å². The van der Waals surface area contributed by atoms with Gasteiger partial charge < -0.3 is 10.0 Å². The Morgan fingerprint density at radius 3 is 2.91 bits per heavy atom. The summed E-state index contributed by atoms with van der Waals surface area (Å²) in [5.41, 5.74) is 0. The van der Waals surface area contributed by atoms with E-state index in [9.17, 15) is 5.11 Å². The van der Waals surface area contributed by atoms with Gasteiger partial charge >= 0.3 is 0 Å². The molecule has 3 nitrogen and oxygen atoms in total. The van der Waals surface area contributed by atoms with E-state index in [0.717, 1.165) is 25.9 Å². The molecule has 11 heavy (non-hydrogen) atoms. The van der Waals surface area contributed by atoms with E-state index in [1.54, 1.807) is 0 Å². The molecule has 1 fully saturated rings. The molecule has 0 aromatic heterocycles. The molecule has 0 aromatic carbocycles. The molecular weight excluding hydrogens is 140 g/mol. The van der Waals surface area contributed by atoms with Crippen LogP contribution in [0.4, 0.5) is 0 Å². The van der Waals surface area contributed by atoms with E-state index in [-0.39, 0.29) is 6.23 Å². The van der Waals surface area contributed by atoms with Crippen molar-refractivity contribution in [3.63, 3.8) is 0 Å². The van der Waals surface area contributed by atoms with Crippen LogP contribution in [0.2, 0.25) is 0 Å². The third-order valence-electron chi connectivity index (χ3n) is 2.21. The minimum absolute atomic E-state index is 0.313. The highest BCUT2D eigenvalue weighted by Gasteiger charge is 2.20. The topological polar surface area (TPSA) is 35.5 Å². The molecule has 0 aromatic rings. The molecule has 3 heteroatoms. The zero-order valence-electron chi connectivity index (χ0n) is 7.38. The SMILES string of the molecule is CCC(O)NC1CCN(C)C1. The second-order valence-corrected chi connectivity index (χ2v) is 3.34. The maximum Gasteiger partial charge on any atom is 0.104 e. The number of hydrogen-bond acceptors (Lipinski definition) is 3. The largest absolute Gasteiger partial charge is 0.379 e. The van der Waals surface area contributed by atoms with E-state index in [2.05, 4.69) is 17.3 Å². The van der Waals surface area contributed by atoms with Crippen molar-refractivity contribution in [2.24, 2.45) is 0 Å². The maximum absolute atomic E-state index is 9.27. The van der Waals surface area contributed by atoms with Crippen LogP contribution in [0.15, 0.2) is 0 Å². The first kappa shape index (κ1) is 8.97. The zero-order chi connectivity index (χ0) is 8.27. The highest BCUT2D eigenvalue weighted by Crippen LogP contribution is 2.06. The second-order valence-electron chi connectivity index (χ2n) is 3.34. The van der Waals surface area contributed by atoms with Crippen molar-refractivity contribution in [1.82, 2.24) is 10.2 Å². The van der Waals surface area contributed by atoms with Crippen LogP contribution in [0.1, 0.15) is 19.8 Å². The van der Waals surface area contributed by atoms with E-state index < -0.39 is 0 Å². The van der Waals surface area contributed by atoms with Crippen LogP contribution in [-0.2, 0) is 0 Å². The normalized spacial score (nSPS) is 29.2. The van der Waals surface area contributed by atoms with E-state index >= 15 is 0 Å². The van der Waals surface area contributed by atoms with Gasteiger partial charge in [-0.2, -0.15) is 0 Å². The van der Waals surface area contributed by atoms with Gasteiger partial charge in [-0.05, 0) is 26.4 Å². The van der Waals surface area contributed by atoms with Crippen LogP contribution in [0.5, 0.6) is 0 Å². The molecule has 1 rings (SSSR count). The van der Waals surface area contributed by atoms with E-state index in [4.69, 9.17) is 0 Å². The van der Waals surface area contributed by atoms with Crippen LogP contribution in [-0.4, -0.2) is 42.4 Å². The molecule has 0 spiro atoms. The molecule has 1 aliphatic rings. The van der Waals surface area contributed by atoms with Gasteiger partial charge in [0.15, 0.2) is 0 Å². The van der Waals surface area contributed by atoms with Crippen LogP contribution in [0.3, 0.4) is 0 Å². The number of aliphatic hydroxyl groups excluding tert-OH is 1. The van der Waals surface area contributed by atoms with Crippen molar-refractivity contribution in [2.45, 2.75) is 32.0 Å². The van der Waals surface area contributed by atoms with Crippen molar-refractivity contribution in [3.8, 4) is 0 Å². The van der Waals surface area contributed by atoms with Gasteiger partial charge in [0.2, 0.25) is 0 Å². The third kappa shape index (κ3) is 2.77. The Kier molecular flexibility index (Phi) is 3.30. The Labute approximate surface area is 68.4 Å². The molecule has 0 aliphatic carbocycles. The van der Waals surface area contributed by atoms with Crippen LogP contribution in [0.25, 0.3) is 0 Å². The van der Waals surface area contributed by atoms with E-state index in [0.29, 0.717) is 6.04 Å². The van der Waals surface area contributed by atoms with Gasteiger partial charge in [0.1, 0.15) is 6.23 Å². The number of likely N-dealkylation sites (tertiary alicyclic amines) is 1. The molecule has 1 saturated heterocycles. The summed E-state index contributed by atoms with van der Waals surface area (Å²) in [4.78, 5) is 2.28. The summed E-state index contributed by atoms with van der Waals surface area (Å²) in [5, 5.41) is 12.4. The monoisotopic (exact) mass is 158 g/mol. The molecule has 0 saturated carbocycles. The number of hydrogen-bond donors (Lipinski definition) is 2. The van der Waals surface area contributed by atoms with Gasteiger partial charge in [-0.25, -0.2) is 0 Å². The summed E-state index contributed by atoms with van der Waals surface area (Å²) in [6, 6.07) is 0.495. The molecule has 1 heterocycles. The lowest BCUT2D eigenvalue weighted by Crippen LogP contribution is -2.39. The first-order valence-electron chi connectivity index (χ1n) is 4.35. The van der Waals surface area contributed by atoms with Gasteiger partial charge in [-0.1, -0.05) is 6.92 Å². The Morgan fingerprint density at radius 2 is 2.45 bits per heavy atom. The minimum atomic E-state index is -0.313. The molecule has 2 unspecified atom stereocenters. The molecule has 0 radical (unpaired) electrons. The van der Waals surface area contributed by atoms with Crippen molar-refractivity contribution < 1.29 is 5.11 Å². The maximum atomic E-state index is 9.27. The fourth-order valence-corrected chi connectivity index (χ4v) is 1.46. The Hall–Kier alpha value is -0.120. The molecule has 66 valence electrons. The van der Waals surface area contributed by atoms with Crippen LogP contribution >= 0.6 is 0 Å². The first-order valence-corrected chi connectivity index (χ1v) is 4.35. The van der Waals surface area contributed by atoms with Crippen molar-refractivity contribution in [1.29, 1.82) is 0 Å². The van der Waals surface area contributed by atoms with Gasteiger partial charge in [0.25, 0.3) is 0 Å². The average molecular weight is 158 g/mol. The summed E-state index contributed by atoms with van der Waals surface area (Å²) in [6.07, 6.45) is 1.64. The molecule has 2 N–H and O–H groups in total. The Balaban J connectivity index is 2.17. The predicted molar refractivity (Wildman–Crippen MR) is 45.3 cm³/mol. The lowest BCUT2D eigenvalue weighted by Gasteiger charge is -2.16. The lowest BCUT2D eigenvalue weighted by atomic mass is 10.2. The molecule has 0 amide bonds. The number of likely N-dealkylation sites (N-methyl/N-ethyl adjacent to an activating group) is 1. The molecule has 0 bridgehead atoms. The fourth-order valence-electron chi connectivity index (χ4n) is 1.46. The predicted octanol–water partition coefficient (Wildman–Crippen LogP) is 0.00850. The number of rotatable bonds is 3. The van der Waals surface area contributed by atoms with E-state index in [1.807, 2.05) is 6.92 Å². The van der Waals surface area contributed by atoms with Crippen molar-refractivity contribution >= 4 is 0 Å². The third-order valence-corrected chi connectivity index (χ3v) is 2.21. The van der Waals surface area contributed by atoms with E-state index in [1.165, 1.54) is 0 Å². The number of aliphatic hydroxyl groups is 1. The first-order chi connectivity index (χ1) is 5.22. The number of nitrogens with one attached hydrogen (secondary N) is 1. The lowest BCUT2D eigenvalue weighted by molar-refractivity contribution is 0.119. The van der Waals surface area contributed by atoms with Gasteiger partial charge in [-0.15, -0.1) is 0 Å². The highest BCUT2D eigenvalue weighted by atomic mass is 16.3. The fraction of sp³-hybridized carbons (Fsp3) is 1.00. The standard InChI is InChI=1S/C8H18N2O/c1-3-8(11)9-7-4-5-10(2)6-7/h7-9,11H,3-6H2,1-2H3. The number of nitrogens with zero attached hydrogens (tertiary/aromatic N) is 1. The Morgan fingerprint density at radius 1 is 1.73 bits per heavy atom. The van der Waals surface area contributed by atoms with Gasteiger partial charge in [0, 0.05) is 12.6 Å². The summed E-state index contributed by atoms with van der Waals surface area (Å²) in [7, 11) is 2.11. The average Bonchev–Trinajstić information content (AvgIpc) is 2.35. The Bertz CT molecular complexity index is 119. The summed E-state index contributed by atoms with van der Waals surface area (Å²) < 4.78 is 0. The quantitative estimate of drug-likeness (QED) is 0.568.